The number of morpholine rings is 1. The molecule has 1 saturated heterocycles. The van der Waals surface area contributed by atoms with Crippen molar-refractivity contribution in [3.05, 3.63) is 47.7 Å². The molecule has 1 N–H and O–H groups in total. The van der Waals surface area contributed by atoms with Gasteiger partial charge in [-0.25, -0.2) is 13.4 Å². The first-order chi connectivity index (χ1) is 11.5. The number of ether oxygens (including phenoxy) is 1. The van der Waals surface area contributed by atoms with Crippen molar-refractivity contribution < 1.29 is 13.2 Å². The molecule has 0 spiro atoms. The molecule has 0 aliphatic carbocycles. The molecule has 24 heavy (non-hydrogen) atoms. The Morgan fingerprint density at radius 1 is 1.12 bits per heavy atom. The summed E-state index contributed by atoms with van der Waals surface area (Å²) in [5.74, 6) is 0.312. The van der Waals surface area contributed by atoms with E-state index in [0.29, 0.717) is 24.6 Å². The second-order valence-electron chi connectivity index (χ2n) is 5.88. The first kappa shape index (κ1) is 16.7. The number of pyridine rings is 1. The van der Waals surface area contributed by atoms with Gasteiger partial charge in [0.15, 0.2) is 0 Å². The summed E-state index contributed by atoms with van der Waals surface area (Å²) < 4.78 is 33.0. The van der Waals surface area contributed by atoms with Gasteiger partial charge in [-0.1, -0.05) is 17.7 Å². The number of hydrogen-bond acceptors (Lipinski definition) is 5. The van der Waals surface area contributed by atoms with Crippen LogP contribution < -0.4 is 9.62 Å². The van der Waals surface area contributed by atoms with Crippen LogP contribution in [0, 0.1) is 13.8 Å². The second-order valence-corrected chi connectivity index (χ2v) is 7.53. The molecule has 1 aliphatic rings. The van der Waals surface area contributed by atoms with Crippen molar-refractivity contribution in [2.24, 2.45) is 0 Å². The highest BCUT2D eigenvalue weighted by Crippen LogP contribution is 2.21. The first-order valence-electron chi connectivity index (χ1n) is 7.84. The molecule has 128 valence electrons. The first-order valence-corrected chi connectivity index (χ1v) is 9.33. The minimum absolute atomic E-state index is 0.271. The molecular formula is C17H21N3O3S. The van der Waals surface area contributed by atoms with Gasteiger partial charge < -0.3 is 9.64 Å². The van der Waals surface area contributed by atoms with E-state index in [1.807, 2.05) is 19.1 Å². The Morgan fingerprint density at radius 3 is 2.50 bits per heavy atom. The Bertz CT molecular complexity index is 813. The SMILES string of the molecule is Cc1ccc(S(=O)(=O)Nc2ccc(N3CCOCC3)cn2)c(C)c1. The normalized spacial score (nSPS) is 15.3. The van der Waals surface area contributed by atoms with Crippen LogP contribution in [0.15, 0.2) is 41.4 Å². The van der Waals surface area contributed by atoms with Gasteiger partial charge in [0.05, 0.1) is 30.0 Å². The van der Waals surface area contributed by atoms with E-state index in [9.17, 15) is 8.42 Å². The molecule has 0 atom stereocenters. The van der Waals surface area contributed by atoms with Gasteiger partial charge in [0.1, 0.15) is 5.82 Å². The lowest BCUT2D eigenvalue weighted by Gasteiger charge is -2.28. The third-order valence-corrected chi connectivity index (χ3v) is 5.50. The van der Waals surface area contributed by atoms with E-state index >= 15 is 0 Å². The number of hydrogen-bond donors (Lipinski definition) is 1. The summed E-state index contributed by atoms with van der Waals surface area (Å²) in [4.78, 5) is 6.68. The van der Waals surface area contributed by atoms with E-state index in [2.05, 4.69) is 14.6 Å². The van der Waals surface area contributed by atoms with Gasteiger partial charge in [-0.15, -0.1) is 0 Å². The zero-order chi connectivity index (χ0) is 17.2. The molecular weight excluding hydrogens is 326 g/mol. The van der Waals surface area contributed by atoms with Crippen LogP contribution in [0.4, 0.5) is 11.5 Å². The van der Waals surface area contributed by atoms with Crippen LogP contribution in [-0.4, -0.2) is 39.7 Å². The van der Waals surface area contributed by atoms with Crippen LogP contribution in [0.3, 0.4) is 0 Å². The number of aryl methyl sites for hydroxylation is 2. The monoisotopic (exact) mass is 347 g/mol. The number of aromatic nitrogens is 1. The molecule has 0 radical (unpaired) electrons. The molecule has 6 nitrogen and oxygen atoms in total. The number of sulfonamides is 1. The molecule has 1 aromatic heterocycles. The zero-order valence-electron chi connectivity index (χ0n) is 13.8. The van der Waals surface area contributed by atoms with Crippen molar-refractivity contribution in [2.45, 2.75) is 18.7 Å². The summed E-state index contributed by atoms with van der Waals surface area (Å²) in [6, 6.07) is 8.82. The third-order valence-electron chi connectivity index (χ3n) is 3.98. The van der Waals surface area contributed by atoms with Gasteiger partial charge in [0.25, 0.3) is 10.0 Å². The molecule has 1 fully saturated rings. The Hall–Kier alpha value is -2.12. The maximum absolute atomic E-state index is 12.5. The maximum Gasteiger partial charge on any atom is 0.263 e. The van der Waals surface area contributed by atoms with Gasteiger partial charge in [-0.05, 0) is 37.6 Å². The maximum atomic E-state index is 12.5. The summed E-state index contributed by atoms with van der Waals surface area (Å²) >= 11 is 0. The average Bonchev–Trinajstić information content (AvgIpc) is 2.55. The van der Waals surface area contributed by atoms with Crippen LogP contribution in [0.1, 0.15) is 11.1 Å². The molecule has 0 amide bonds. The molecule has 0 saturated carbocycles. The molecule has 7 heteroatoms. The van der Waals surface area contributed by atoms with Gasteiger partial charge >= 0.3 is 0 Å². The number of benzene rings is 1. The lowest BCUT2D eigenvalue weighted by molar-refractivity contribution is 0.122. The van der Waals surface area contributed by atoms with Crippen molar-refractivity contribution in [2.75, 3.05) is 35.9 Å². The van der Waals surface area contributed by atoms with Crippen molar-refractivity contribution >= 4 is 21.5 Å². The topological polar surface area (TPSA) is 71.5 Å². The molecule has 2 aromatic rings. The highest BCUT2D eigenvalue weighted by Gasteiger charge is 2.18. The number of anilines is 2. The standard InChI is InChI=1S/C17H21N3O3S/c1-13-3-5-16(14(2)11-13)24(21,22)19-17-6-4-15(12-18-17)20-7-9-23-10-8-20/h3-6,11-12H,7-10H2,1-2H3,(H,18,19). The van der Waals surface area contributed by atoms with E-state index in [0.717, 1.165) is 24.3 Å². The minimum atomic E-state index is -3.64. The fourth-order valence-corrected chi connectivity index (χ4v) is 3.98. The van der Waals surface area contributed by atoms with Crippen LogP contribution >= 0.6 is 0 Å². The van der Waals surface area contributed by atoms with Crippen molar-refractivity contribution in [3.8, 4) is 0 Å². The third kappa shape index (κ3) is 3.68. The van der Waals surface area contributed by atoms with Gasteiger partial charge in [-0.2, -0.15) is 0 Å². The average molecular weight is 347 g/mol. The number of nitrogens with one attached hydrogen (secondary N) is 1. The van der Waals surface area contributed by atoms with E-state index < -0.39 is 10.0 Å². The second kappa shape index (κ2) is 6.78. The molecule has 1 aromatic carbocycles. The fraction of sp³-hybridized carbons (Fsp3) is 0.353. The summed E-state index contributed by atoms with van der Waals surface area (Å²) in [7, 11) is -3.64. The molecule has 1 aliphatic heterocycles. The van der Waals surface area contributed by atoms with Crippen molar-refractivity contribution in [1.82, 2.24) is 4.98 Å². The predicted molar refractivity (Wildman–Crippen MR) is 94.0 cm³/mol. The van der Waals surface area contributed by atoms with Crippen LogP contribution in [0.5, 0.6) is 0 Å². The Balaban J connectivity index is 1.77. The van der Waals surface area contributed by atoms with Crippen LogP contribution in [-0.2, 0) is 14.8 Å². The van der Waals surface area contributed by atoms with Crippen molar-refractivity contribution in [1.29, 1.82) is 0 Å². The number of nitrogens with zero attached hydrogens (tertiary/aromatic N) is 2. The predicted octanol–water partition coefficient (Wildman–Crippen LogP) is 2.34. The van der Waals surface area contributed by atoms with Gasteiger partial charge in [-0.3, -0.25) is 4.72 Å². The Labute approximate surface area is 142 Å². The van der Waals surface area contributed by atoms with E-state index in [4.69, 9.17) is 4.74 Å². The van der Waals surface area contributed by atoms with Gasteiger partial charge in [0.2, 0.25) is 0 Å². The fourth-order valence-electron chi connectivity index (χ4n) is 2.75. The highest BCUT2D eigenvalue weighted by atomic mass is 32.2. The Kier molecular flexibility index (Phi) is 4.73. The Morgan fingerprint density at radius 2 is 1.88 bits per heavy atom. The quantitative estimate of drug-likeness (QED) is 0.919. The summed E-state index contributed by atoms with van der Waals surface area (Å²) in [5, 5.41) is 0. The van der Waals surface area contributed by atoms with E-state index in [1.165, 1.54) is 0 Å². The molecule has 3 rings (SSSR count). The number of rotatable bonds is 4. The summed E-state index contributed by atoms with van der Waals surface area (Å²) in [6.45, 7) is 6.74. The minimum Gasteiger partial charge on any atom is -0.378 e. The van der Waals surface area contributed by atoms with Crippen molar-refractivity contribution in [3.63, 3.8) is 0 Å². The summed E-state index contributed by atoms with van der Waals surface area (Å²) in [6.07, 6.45) is 1.69. The lowest BCUT2D eigenvalue weighted by atomic mass is 10.2. The molecule has 0 bridgehead atoms. The zero-order valence-corrected chi connectivity index (χ0v) is 14.6. The van der Waals surface area contributed by atoms with E-state index in [-0.39, 0.29) is 4.90 Å². The molecule has 2 heterocycles. The van der Waals surface area contributed by atoms with Gasteiger partial charge in [0, 0.05) is 13.1 Å². The van der Waals surface area contributed by atoms with E-state index in [1.54, 1.807) is 31.3 Å². The smallest absolute Gasteiger partial charge is 0.263 e. The molecule has 0 unspecified atom stereocenters. The van der Waals surface area contributed by atoms with Crippen LogP contribution in [0.2, 0.25) is 0 Å². The lowest BCUT2D eigenvalue weighted by Crippen LogP contribution is -2.36. The summed E-state index contributed by atoms with van der Waals surface area (Å²) in [5.41, 5.74) is 2.71. The van der Waals surface area contributed by atoms with Crippen LogP contribution in [0.25, 0.3) is 0 Å². The largest absolute Gasteiger partial charge is 0.378 e. The highest BCUT2D eigenvalue weighted by molar-refractivity contribution is 7.92.